The van der Waals surface area contributed by atoms with Crippen LogP contribution in [0, 0.1) is 6.92 Å². The van der Waals surface area contributed by atoms with Crippen LogP contribution in [0.5, 0.6) is 5.75 Å². The lowest BCUT2D eigenvalue weighted by Gasteiger charge is -2.13. The van der Waals surface area contributed by atoms with Gasteiger partial charge in [-0.1, -0.05) is 66.7 Å². The Kier molecular flexibility index (Phi) is 5.60. The zero-order valence-corrected chi connectivity index (χ0v) is 18.1. The number of benzene rings is 4. The molecule has 1 amide bonds. The van der Waals surface area contributed by atoms with Crippen LogP contribution in [0.2, 0.25) is 0 Å². The molecule has 0 radical (unpaired) electrons. The Morgan fingerprint density at radius 1 is 0.879 bits per heavy atom. The Bertz CT molecular complexity index is 1420. The number of anilines is 1. The standard InChI is InChI=1S/C28H22N2O3/c1-19-15-16-26-24(17-19)30-28(33-26)22-12-5-7-13-23(22)29-27(31)18-32-25-14-8-6-11-21(25)20-9-3-2-4-10-20/h2-17H,18H2,1H3,(H,29,31). The molecule has 0 aliphatic carbocycles. The summed E-state index contributed by atoms with van der Waals surface area (Å²) in [7, 11) is 0. The first-order chi connectivity index (χ1) is 16.2. The van der Waals surface area contributed by atoms with Gasteiger partial charge in [-0.05, 0) is 48.4 Å². The summed E-state index contributed by atoms with van der Waals surface area (Å²) in [6.07, 6.45) is 0. The third-order valence-electron chi connectivity index (χ3n) is 5.31. The average Bonchev–Trinajstić information content (AvgIpc) is 3.27. The van der Waals surface area contributed by atoms with Gasteiger partial charge in [0.15, 0.2) is 12.2 Å². The second kappa shape index (κ2) is 9.01. The highest BCUT2D eigenvalue weighted by atomic mass is 16.5. The molecular weight excluding hydrogens is 412 g/mol. The van der Waals surface area contributed by atoms with Gasteiger partial charge < -0.3 is 14.5 Å². The van der Waals surface area contributed by atoms with Gasteiger partial charge >= 0.3 is 0 Å². The van der Waals surface area contributed by atoms with Gasteiger partial charge in [-0.3, -0.25) is 4.79 Å². The molecule has 0 spiro atoms. The van der Waals surface area contributed by atoms with Crippen molar-refractivity contribution >= 4 is 22.7 Å². The van der Waals surface area contributed by atoms with Crippen molar-refractivity contribution in [3.63, 3.8) is 0 Å². The molecule has 0 aliphatic heterocycles. The summed E-state index contributed by atoms with van der Waals surface area (Å²) < 4.78 is 11.8. The van der Waals surface area contributed by atoms with Crippen LogP contribution in [0.1, 0.15) is 5.56 Å². The van der Waals surface area contributed by atoms with Crippen LogP contribution >= 0.6 is 0 Å². The van der Waals surface area contributed by atoms with E-state index in [0.717, 1.165) is 22.2 Å². The van der Waals surface area contributed by atoms with E-state index >= 15 is 0 Å². The summed E-state index contributed by atoms with van der Waals surface area (Å²) in [5.41, 5.74) is 5.90. The number of amides is 1. The summed E-state index contributed by atoms with van der Waals surface area (Å²) in [6, 6.07) is 30.9. The molecular formula is C28H22N2O3. The maximum absolute atomic E-state index is 12.7. The summed E-state index contributed by atoms with van der Waals surface area (Å²) in [4.78, 5) is 17.3. The number of oxazole rings is 1. The number of nitrogens with one attached hydrogen (secondary N) is 1. The molecule has 0 saturated carbocycles. The fourth-order valence-corrected chi connectivity index (χ4v) is 3.71. The Labute approximate surface area is 191 Å². The zero-order valence-electron chi connectivity index (χ0n) is 18.1. The third-order valence-corrected chi connectivity index (χ3v) is 5.31. The molecule has 33 heavy (non-hydrogen) atoms. The third kappa shape index (κ3) is 4.48. The second-order valence-electron chi connectivity index (χ2n) is 7.73. The molecule has 0 unspecified atom stereocenters. The van der Waals surface area contributed by atoms with E-state index in [1.807, 2.05) is 104 Å². The summed E-state index contributed by atoms with van der Waals surface area (Å²) in [6.45, 7) is 1.89. The van der Waals surface area contributed by atoms with Crippen LogP contribution in [0.25, 0.3) is 33.7 Å². The molecule has 0 fully saturated rings. The summed E-state index contributed by atoms with van der Waals surface area (Å²) in [5.74, 6) is 0.848. The van der Waals surface area contributed by atoms with Crippen LogP contribution in [0.4, 0.5) is 5.69 Å². The Balaban J connectivity index is 1.34. The fraction of sp³-hybridized carbons (Fsp3) is 0.0714. The highest BCUT2D eigenvalue weighted by Crippen LogP contribution is 2.31. The molecule has 0 atom stereocenters. The molecule has 4 aromatic carbocycles. The number of ether oxygens (including phenoxy) is 1. The highest BCUT2D eigenvalue weighted by Gasteiger charge is 2.15. The van der Waals surface area contributed by atoms with Crippen LogP contribution in [0.15, 0.2) is 101 Å². The molecule has 5 rings (SSSR count). The normalized spacial score (nSPS) is 10.8. The van der Waals surface area contributed by atoms with Crippen molar-refractivity contribution in [3.8, 4) is 28.3 Å². The van der Waals surface area contributed by atoms with Crippen molar-refractivity contribution in [1.29, 1.82) is 0 Å². The fourth-order valence-electron chi connectivity index (χ4n) is 3.71. The maximum atomic E-state index is 12.7. The summed E-state index contributed by atoms with van der Waals surface area (Å²) in [5, 5.41) is 2.93. The van der Waals surface area contributed by atoms with Crippen molar-refractivity contribution < 1.29 is 13.9 Å². The minimum atomic E-state index is -0.266. The molecule has 0 saturated heterocycles. The SMILES string of the molecule is Cc1ccc2oc(-c3ccccc3NC(=O)COc3ccccc3-c3ccccc3)nc2c1. The van der Waals surface area contributed by atoms with Crippen molar-refractivity contribution in [2.75, 3.05) is 11.9 Å². The van der Waals surface area contributed by atoms with E-state index in [-0.39, 0.29) is 12.5 Å². The molecule has 5 aromatic rings. The molecule has 162 valence electrons. The number of carbonyl (C=O) groups is 1. The predicted octanol–water partition coefficient (Wildman–Crippen LogP) is 6.49. The van der Waals surface area contributed by atoms with Gasteiger partial charge in [-0.2, -0.15) is 0 Å². The number of rotatable bonds is 6. The van der Waals surface area contributed by atoms with Crippen LogP contribution in [-0.4, -0.2) is 17.5 Å². The van der Waals surface area contributed by atoms with Crippen LogP contribution < -0.4 is 10.1 Å². The molecule has 0 bridgehead atoms. The van der Waals surface area contributed by atoms with E-state index in [1.165, 1.54) is 0 Å². The summed E-state index contributed by atoms with van der Waals surface area (Å²) >= 11 is 0. The molecule has 0 aliphatic rings. The lowest BCUT2D eigenvalue weighted by atomic mass is 10.1. The minimum absolute atomic E-state index is 0.120. The van der Waals surface area contributed by atoms with E-state index in [1.54, 1.807) is 0 Å². The Hall–Kier alpha value is -4.38. The Morgan fingerprint density at radius 3 is 2.45 bits per heavy atom. The van der Waals surface area contributed by atoms with Crippen molar-refractivity contribution in [2.45, 2.75) is 6.92 Å². The minimum Gasteiger partial charge on any atom is -0.483 e. The first kappa shape index (κ1) is 20.5. The first-order valence-corrected chi connectivity index (χ1v) is 10.7. The lowest BCUT2D eigenvalue weighted by molar-refractivity contribution is -0.118. The molecule has 1 heterocycles. The van der Waals surface area contributed by atoms with E-state index in [0.29, 0.717) is 28.5 Å². The van der Waals surface area contributed by atoms with Gasteiger partial charge in [-0.15, -0.1) is 0 Å². The quantitative estimate of drug-likeness (QED) is 0.332. The molecule has 1 aromatic heterocycles. The average molecular weight is 434 g/mol. The number of fused-ring (bicyclic) bond motifs is 1. The van der Waals surface area contributed by atoms with Gasteiger partial charge in [-0.25, -0.2) is 4.98 Å². The van der Waals surface area contributed by atoms with Gasteiger partial charge in [0.05, 0.1) is 11.3 Å². The zero-order chi connectivity index (χ0) is 22.6. The van der Waals surface area contributed by atoms with E-state index in [9.17, 15) is 4.79 Å². The maximum Gasteiger partial charge on any atom is 0.262 e. The van der Waals surface area contributed by atoms with Gasteiger partial charge in [0.25, 0.3) is 5.91 Å². The topological polar surface area (TPSA) is 64.4 Å². The molecule has 5 heteroatoms. The number of carbonyl (C=O) groups excluding carboxylic acids is 1. The largest absolute Gasteiger partial charge is 0.483 e. The monoisotopic (exact) mass is 434 g/mol. The van der Waals surface area contributed by atoms with E-state index in [2.05, 4.69) is 10.3 Å². The predicted molar refractivity (Wildman–Crippen MR) is 130 cm³/mol. The van der Waals surface area contributed by atoms with E-state index < -0.39 is 0 Å². The van der Waals surface area contributed by atoms with E-state index in [4.69, 9.17) is 9.15 Å². The van der Waals surface area contributed by atoms with Crippen LogP contribution in [0.3, 0.4) is 0 Å². The second-order valence-corrected chi connectivity index (χ2v) is 7.73. The number of para-hydroxylation sites is 2. The number of aryl methyl sites for hydroxylation is 1. The number of hydrogen-bond acceptors (Lipinski definition) is 4. The number of nitrogens with zero attached hydrogens (tertiary/aromatic N) is 1. The van der Waals surface area contributed by atoms with Crippen molar-refractivity contribution in [1.82, 2.24) is 4.98 Å². The van der Waals surface area contributed by atoms with Crippen molar-refractivity contribution in [2.24, 2.45) is 0 Å². The molecule has 1 N–H and O–H groups in total. The van der Waals surface area contributed by atoms with Crippen molar-refractivity contribution in [3.05, 3.63) is 103 Å². The van der Waals surface area contributed by atoms with Gasteiger partial charge in [0.2, 0.25) is 5.89 Å². The van der Waals surface area contributed by atoms with Gasteiger partial charge in [0.1, 0.15) is 11.3 Å². The first-order valence-electron chi connectivity index (χ1n) is 10.7. The molecule has 5 nitrogen and oxygen atoms in total. The number of aromatic nitrogens is 1. The lowest BCUT2D eigenvalue weighted by Crippen LogP contribution is -2.20. The van der Waals surface area contributed by atoms with Gasteiger partial charge in [0, 0.05) is 5.56 Å². The smallest absolute Gasteiger partial charge is 0.262 e. The van der Waals surface area contributed by atoms with Crippen LogP contribution in [-0.2, 0) is 4.79 Å². The highest BCUT2D eigenvalue weighted by molar-refractivity contribution is 5.96. The number of hydrogen-bond donors (Lipinski definition) is 1. The Morgan fingerprint density at radius 2 is 1.61 bits per heavy atom.